The zero-order chi connectivity index (χ0) is 10.7. The van der Waals surface area contributed by atoms with E-state index < -0.39 is 0 Å². The smallest absolute Gasteiger partial charge is 0.221 e. The monoisotopic (exact) mass is 211 g/mol. The molecule has 0 spiro atoms. The first-order chi connectivity index (χ1) is 7.25. The van der Waals surface area contributed by atoms with E-state index in [1.54, 1.807) is 0 Å². The average molecular weight is 211 g/mol. The molecule has 1 aliphatic carbocycles. The summed E-state index contributed by atoms with van der Waals surface area (Å²) >= 11 is 0. The molecule has 0 aromatic rings. The van der Waals surface area contributed by atoms with Crippen molar-refractivity contribution in [2.75, 3.05) is 26.2 Å². The van der Waals surface area contributed by atoms with Gasteiger partial charge in [-0.15, -0.1) is 0 Å². The van der Waals surface area contributed by atoms with Crippen LogP contribution in [-0.2, 0) is 4.79 Å². The van der Waals surface area contributed by atoms with Crippen LogP contribution in [0.2, 0.25) is 0 Å². The fraction of sp³-hybridized carbons (Fsp3) is 0.909. The Morgan fingerprint density at radius 3 is 3.00 bits per heavy atom. The molecule has 0 radical (unpaired) electrons. The number of hydrogen-bond acceptors (Lipinski definition) is 3. The van der Waals surface area contributed by atoms with E-state index in [1.165, 1.54) is 12.8 Å². The summed E-state index contributed by atoms with van der Waals surface area (Å²) in [5.41, 5.74) is 0. The van der Waals surface area contributed by atoms with Crippen LogP contribution >= 0.6 is 0 Å². The Balaban J connectivity index is 1.64. The van der Waals surface area contributed by atoms with Gasteiger partial charge >= 0.3 is 0 Å². The molecule has 2 fully saturated rings. The van der Waals surface area contributed by atoms with E-state index in [0.717, 1.165) is 26.2 Å². The quantitative estimate of drug-likeness (QED) is 0.685. The second-order valence-corrected chi connectivity index (χ2v) is 4.68. The van der Waals surface area contributed by atoms with Gasteiger partial charge in [-0.25, -0.2) is 0 Å². The second-order valence-electron chi connectivity index (χ2n) is 4.68. The van der Waals surface area contributed by atoms with Gasteiger partial charge in [0.15, 0.2) is 0 Å². The minimum Gasteiger partial charge on any atom is -0.353 e. The molecular formula is C11H21N3O. The van der Waals surface area contributed by atoms with Crippen molar-refractivity contribution in [2.24, 2.45) is 0 Å². The van der Waals surface area contributed by atoms with Crippen molar-refractivity contribution < 1.29 is 4.79 Å². The van der Waals surface area contributed by atoms with E-state index >= 15 is 0 Å². The van der Waals surface area contributed by atoms with E-state index in [0.29, 0.717) is 18.5 Å². The third kappa shape index (κ3) is 3.47. The van der Waals surface area contributed by atoms with Crippen molar-refractivity contribution in [3.8, 4) is 0 Å². The highest BCUT2D eigenvalue weighted by Gasteiger charge is 2.24. The van der Waals surface area contributed by atoms with Gasteiger partial charge in [0.2, 0.25) is 5.91 Å². The van der Waals surface area contributed by atoms with Gasteiger partial charge in [-0.1, -0.05) is 0 Å². The number of amides is 1. The van der Waals surface area contributed by atoms with Gasteiger partial charge in [0.25, 0.3) is 0 Å². The molecule has 2 aliphatic rings. The third-order valence-corrected chi connectivity index (χ3v) is 3.21. The number of piperazine rings is 1. The first-order valence-electron chi connectivity index (χ1n) is 6.00. The SMILES string of the molecule is CC1CNCCN1CCC(=O)NC1CC1. The maximum absolute atomic E-state index is 11.5. The van der Waals surface area contributed by atoms with Crippen LogP contribution in [0.15, 0.2) is 0 Å². The highest BCUT2D eigenvalue weighted by atomic mass is 16.1. The summed E-state index contributed by atoms with van der Waals surface area (Å²) in [5, 5.41) is 6.38. The number of carbonyl (C=O) groups is 1. The van der Waals surface area contributed by atoms with Crippen LogP contribution in [0.1, 0.15) is 26.2 Å². The highest BCUT2D eigenvalue weighted by molar-refractivity contribution is 5.76. The van der Waals surface area contributed by atoms with Crippen molar-refractivity contribution in [3.63, 3.8) is 0 Å². The molecule has 1 unspecified atom stereocenters. The number of carbonyl (C=O) groups excluding carboxylic acids is 1. The molecule has 2 N–H and O–H groups in total. The number of hydrogen-bond donors (Lipinski definition) is 2. The van der Waals surface area contributed by atoms with Crippen molar-refractivity contribution in [1.29, 1.82) is 0 Å². The molecule has 2 rings (SSSR count). The highest BCUT2D eigenvalue weighted by Crippen LogP contribution is 2.18. The molecule has 15 heavy (non-hydrogen) atoms. The van der Waals surface area contributed by atoms with Crippen LogP contribution in [0, 0.1) is 0 Å². The Hall–Kier alpha value is -0.610. The molecule has 1 heterocycles. The van der Waals surface area contributed by atoms with E-state index in [9.17, 15) is 4.79 Å². The van der Waals surface area contributed by atoms with Crippen molar-refractivity contribution in [2.45, 2.75) is 38.3 Å². The zero-order valence-corrected chi connectivity index (χ0v) is 9.46. The first kappa shape index (κ1) is 10.9. The van der Waals surface area contributed by atoms with Crippen molar-refractivity contribution >= 4 is 5.91 Å². The molecule has 1 atom stereocenters. The van der Waals surface area contributed by atoms with Gasteiger partial charge in [0, 0.05) is 44.7 Å². The van der Waals surface area contributed by atoms with Crippen LogP contribution in [0.5, 0.6) is 0 Å². The number of nitrogens with zero attached hydrogens (tertiary/aromatic N) is 1. The maximum Gasteiger partial charge on any atom is 0.221 e. The lowest BCUT2D eigenvalue weighted by atomic mass is 10.2. The molecule has 1 saturated carbocycles. The van der Waals surface area contributed by atoms with Gasteiger partial charge in [-0.3, -0.25) is 9.69 Å². The molecule has 4 nitrogen and oxygen atoms in total. The Labute approximate surface area is 91.4 Å². The minimum atomic E-state index is 0.225. The van der Waals surface area contributed by atoms with Crippen molar-refractivity contribution in [3.05, 3.63) is 0 Å². The Morgan fingerprint density at radius 2 is 2.33 bits per heavy atom. The van der Waals surface area contributed by atoms with Gasteiger partial charge in [0.1, 0.15) is 0 Å². The maximum atomic E-state index is 11.5. The Kier molecular flexibility index (Phi) is 3.59. The average Bonchev–Trinajstić information content (AvgIpc) is 3.00. The molecule has 1 saturated heterocycles. The predicted octanol–water partition coefficient (Wildman–Crippen LogP) is -0.0512. The van der Waals surface area contributed by atoms with E-state index in [-0.39, 0.29) is 5.91 Å². The van der Waals surface area contributed by atoms with Crippen LogP contribution in [0.3, 0.4) is 0 Å². The summed E-state index contributed by atoms with van der Waals surface area (Å²) in [7, 11) is 0. The molecule has 4 heteroatoms. The fourth-order valence-corrected chi connectivity index (χ4v) is 1.99. The number of rotatable bonds is 4. The minimum absolute atomic E-state index is 0.225. The van der Waals surface area contributed by atoms with Gasteiger partial charge in [-0.05, 0) is 19.8 Å². The van der Waals surface area contributed by atoms with Crippen LogP contribution < -0.4 is 10.6 Å². The molecule has 0 aromatic carbocycles. The van der Waals surface area contributed by atoms with E-state index in [2.05, 4.69) is 22.5 Å². The van der Waals surface area contributed by atoms with Crippen LogP contribution in [0.4, 0.5) is 0 Å². The second kappa shape index (κ2) is 4.94. The Bertz CT molecular complexity index is 228. The summed E-state index contributed by atoms with van der Waals surface area (Å²) < 4.78 is 0. The topological polar surface area (TPSA) is 44.4 Å². The summed E-state index contributed by atoms with van der Waals surface area (Å²) in [6, 6.07) is 1.06. The molecule has 1 amide bonds. The Morgan fingerprint density at radius 1 is 1.53 bits per heavy atom. The van der Waals surface area contributed by atoms with Crippen LogP contribution in [-0.4, -0.2) is 49.1 Å². The molecule has 0 aromatic heterocycles. The fourth-order valence-electron chi connectivity index (χ4n) is 1.99. The summed E-state index contributed by atoms with van der Waals surface area (Å²) in [5.74, 6) is 0.225. The molecular weight excluding hydrogens is 190 g/mol. The molecule has 1 aliphatic heterocycles. The van der Waals surface area contributed by atoms with Gasteiger partial charge < -0.3 is 10.6 Å². The van der Waals surface area contributed by atoms with Crippen LogP contribution in [0.25, 0.3) is 0 Å². The normalized spacial score (nSPS) is 27.7. The largest absolute Gasteiger partial charge is 0.353 e. The lowest BCUT2D eigenvalue weighted by Gasteiger charge is -2.33. The number of nitrogens with one attached hydrogen (secondary N) is 2. The summed E-state index contributed by atoms with van der Waals surface area (Å²) in [6.07, 6.45) is 3.01. The van der Waals surface area contributed by atoms with Gasteiger partial charge in [-0.2, -0.15) is 0 Å². The first-order valence-corrected chi connectivity index (χ1v) is 6.00. The summed E-state index contributed by atoms with van der Waals surface area (Å²) in [6.45, 7) is 6.28. The zero-order valence-electron chi connectivity index (χ0n) is 9.46. The summed E-state index contributed by atoms with van der Waals surface area (Å²) in [4.78, 5) is 13.9. The van der Waals surface area contributed by atoms with Gasteiger partial charge in [0.05, 0.1) is 0 Å². The standard InChI is InChI=1S/C11H21N3O/c1-9-8-12-5-7-14(9)6-4-11(15)13-10-2-3-10/h9-10,12H,2-8H2,1H3,(H,13,15). The van der Waals surface area contributed by atoms with E-state index in [4.69, 9.17) is 0 Å². The molecule has 0 bridgehead atoms. The predicted molar refractivity (Wildman–Crippen MR) is 59.7 cm³/mol. The lowest BCUT2D eigenvalue weighted by Crippen LogP contribution is -2.50. The van der Waals surface area contributed by atoms with E-state index in [1.807, 2.05) is 0 Å². The van der Waals surface area contributed by atoms with Crippen molar-refractivity contribution in [1.82, 2.24) is 15.5 Å². The molecule has 86 valence electrons. The third-order valence-electron chi connectivity index (χ3n) is 3.21. The lowest BCUT2D eigenvalue weighted by molar-refractivity contribution is -0.121.